The van der Waals surface area contributed by atoms with Crippen LogP contribution in [0, 0.1) is 0 Å². The van der Waals surface area contributed by atoms with E-state index < -0.39 is 23.6 Å². The number of quaternary nitrogens is 1. The number of nitrogens with one attached hydrogen (secondary N) is 3. The molecule has 2 saturated heterocycles. The van der Waals surface area contributed by atoms with Crippen LogP contribution in [0.1, 0.15) is 53.8 Å². The van der Waals surface area contributed by atoms with E-state index in [2.05, 4.69) is 26.6 Å². The van der Waals surface area contributed by atoms with Crippen molar-refractivity contribution in [2.45, 2.75) is 50.5 Å². The fourth-order valence-electron chi connectivity index (χ4n) is 6.45. The molecule has 3 aliphatic rings. The molecule has 0 radical (unpaired) electrons. The largest absolute Gasteiger partial charge is 0.480 e. The molecule has 1 amide bonds. The maximum atomic E-state index is 14.6. The second-order valence-corrected chi connectivity index (χ2v) is 12.6. The zero-order chi connectivity index (χ0) is 32.8. The number of ether oxygens (including phenoxy) is 1. The lowest BCUT2D eigenvalue weighted by molar-refractivity contribution is -0.256. The first-order chi connectivity index (χ1) is 22.0. The van der Waals surface area contributed by atoms with Crippen LogP contribution < -0.4 is 26.6 Å². The number of amides is 1. The third-order valence-corrected chi connectivity index (χ3v) is 8.80. The summed E-state index contributed by atoms with van der Waals surface area (Å²) in [5.41, 5.74) is 7.63. The second kappa shape index (κ2) is 14.7. The summed E-state index contributed by atoms with van der Waals surface area (Å²) in [6, 6.07) is 11.6. The van der Waals surface area contributed by atoms with Gasteiger partial charge in [-0.3, -0.25) is 19.8 Å². The number of anilines is 2. The summed E-state index contributed by atoms with van der Waals surface area (Å²) >= 11 is 0. The number of hydrogen-bond acceptors (Lipinski definition) is 7. The molecular weight excluding hydrogens is 594 g/mol. The van der Waals surface area contributed by atoms with Gasteiger partial charge in [0.15, 0.2) is 0 Å². The highest BCUT2D eigenvalue weighted by molar-refractivity contribution is 6.00. The van der Waals surface area contributed by atoms with Crippen LogP contribution in [0.2, 0.25) is 0 Å². The Kier molecular flexibility index (Phi) is 10.7. The minimum atomic E-state index is -1.73. The lowest BCUT2D eigenvalue weighted by atomic mass is 9.88. The maximum absolute atomic E-state index is 14.6. The number of carboxylic acids is 1. The minimum Gasteiger partial charge on any atom is -0.480 e. The monoisotopic (exact) mass is 639 g/mol. The van der Waals surface area contributed by atoms with E-state index >= 15 is 0 Å². The highest BCUT2D eigenvalue weighted by Crippen LogP contribution is 2.33. The lowest BCUT2D eigenvalue weighted by Crippen LogP contribution is -2.48. The van der Waals surface area contributed by atoms with Gasteiger partial charge in [-0.1, -0.05) is 11.6 Å². The average molecular weight is 640 g/mol. The van der Waals surface area contributed by atoms with E-state index in [1.54, 1.807) is 7.05 Å². The van der Waals surface area contributed by atoms with Crippen LogP contribution in [-0.2, 0) is 16.0 Å². The van der Waals surface area contributed by atoms with Gasteiger partial charge in [-0.05, 0) is 81.3 Å². The minimum absolute atomic E-state index is 0.0266. The molecule has 2 heterocycles. The summed E-state index contributed by atoms with van der Waals surface area (Å²) in [5.74, 6) is -1.67. The summed E-state index contributed by atoms with van der Waals surface area (Å²) in [5, 5.41) is 19.0. The van der Waals surface area contributed by atoms with Gasteiger partial charge >= 0.3 is 5.97 Å². The maximum Gasteiger partial charge on any atom is 0.317 e. The number of hydrogen-bond donors (Lipinski definition) is 5. The molecule has 7 N–H and O–H groups in total. The van der Waals surface area contributed by atoms with Gasteiger partial charge in [-0.15, -0.1) is 0 Å². The Bertz CT molecular complexity index is 1480. The molecule has 0 spiro atoms. The summed E-state index contributed by atoms with van der Waals surface area (Å²) in [7, 11) is 1.75. The van der Waals surface area contributed by atoms with E-state index in [1.165, 1.54) is 13.0 Å². The Balaban J connectivity index is 1.35. The van der Waals surface area contributed by atoms with Crippen LogP contribution in [0.15, 0.2) is 60.0 Å². The number of nitrogens with zero attached hydrogens (tertiary/aromatic N) is 2. The average Bonchev–Trinajstić information content (AvgIpc) is 3.00. The molecule has 2 fully saturated rings. The molecule has 1 aliphatic carbocycles. The second-order valence-electron chi connectivity index (χ2n) is 12.6. The summed E-state index contributed by atoms with van der Waals surface area (Å²) in [4.78, 5) is 29.2. The summed E-state index contributed by atoms with van der Waals surface area (Å²) < 4.78 is 34.2. The Morgan fingerprint density at radius 2 is 1.87 bits per heavy atom. The van der Waals surface area contributed by atoms with Gasteiger partial charge < -0.3 is 31.1 Å². The predicted molar refractivity (Wildman–Crippen MR) is 174 cm³/mol. The normalized spacial score (nSPS) is 21.7. The topological polar surface area (TPSA) is 134 Å². The Morgan fingerprint density at radius 1 is 1.13 bits per heavy atom. The smallest absolute Gasteiger partial charge is 0.317 e. The van der Waals surface area contributed by atoms with Crippen molar-refractivity contribution in [3.05, 3.63) is 76.6 Å². The molecule has 248 valence electrons. The highest BCUT2D eigenvalue weighted by Gasteiger charge is 2.28. The van der Waals surface area contributed by atoms with Crippen LogP contribution in [0.4, 0.5) is 25.8 Å². The van der Waals surface area contributed by atoms with E-state index in [1.807, 2.05) is 41.3 Å². The highest BCUT2D eigenvalue weighted by atomic mass is 19.1. The molecule has 10 nitrogen and oxygen atoms in total. The number of carbonyl (C=O) groups excluding carboxylic acids is 1. The van der Waals surface area contributed by atoms with Gasteiger partial charge in [-0.25, -0.2) is 8.78 Å². The zero-order valence-electron chi connectivity index (χ0n) is 26.6. The van der Waals surface area contributed by atoms with Crippen molar-refractivity contribution in [1.82, 2.24) is 15.5 Å². The van der Waals surface area contributed by atoms with E-state index in [0.717, 1.165) is 47.1 Å². The van der Waals surface area contributed by atoms with Crippen molar-refractivity contribution in [3.63, 3.8) is 0 Å². The van der Waals surface area contributed by atoms with E-state index in [-0.39, 0.29) is 24.9 Å². The first kappa shape index (κ1) is 33.5. The first-order valence-corrected chi connectivity index (χ1v) is 15.9. The number of carbonyl (C=O) groups is 2. The fraction of sp³-hybridized carbons (Fsp3) is 0.471. The number of piperazine rings is 1. The molecule has 2 atom stereocenters. The van der Waals surface area contributed by atoms with Crippen LogP contribution >= 0.6 is 0 Å². The van der Waals surface area contributed by atoms with Crippen LogP contribution in [-0.4, -0.2) is 86.6 Å². The summed E-state index contributed by atoms with van der Waals surface area (Å²) in [6.07, 6.45) is 3.98. The number of aliphatic carboxylic acids is 1. The van der Waals surface area contributed by atoms with Gasteiger partial charge in [0.05, 0.1) is 12.1 Å². The standard InChI is InChI=1S/C34H44F2N6O4/c1-34(36)19-23(16-24(35)20-34)15-22-3-6-29(37)28(17-22)32(38-2)40-33(45)27-5-4-26(18-30(27)39-25-7-13-46-14-8-25)42-11-9-41(10-12-42)21-31(43)44/h3-6,16-18,20,25,32,38-39H,7-15,19,21,37H2,1-2H3,(H,40,45)(H,43,44)/p+1. The molecule has 2 aliphatic heterocycles. The number of halogens is 2. The third kappa shape index (κ3) is 8.69. The Labute approximate surface area is 268 Å². The van der Waals surface area contributed by atoms with Gasteiger partial charge in [0.1, 0.15) is 23.3 Å². The van der Waals surface area contributed by atoms with Crippen LogP contribution in [0.3, 0.4) is 0 Å². The molecule has 0 bridgehead atoms. The molecule has 5 rings (SSSR count). The molecular formula is C34H45F2N6O4+. The number of carboxylic acid groups (broad SMARTS) is 1. The lowest BCUT2D eigenvalue weighted by Gasteiger charge is -2.36. The number of rotatable bonds is 11. The van der Waals surface area contributed by atoms with Crippen molar-refractivity contribution in [3.8, 4) is 0 Å². The summed E-state index contributed by atoms with van der Waals surface area (Å²) in [6.45, 7) is 5.36. The van der Waals surface area contributed by atoms with Crippen molar-refractivity contribution >= 4 is 28.9 Å². The van der Waals surface area contributed by atoms with Gasteiger partial charge in [-0.2, -0.15) is 0 Å². The number of allylic oxidation sites excluding steroid dienone is 4. The molecule has 46 heavy (non-hydrogen) atoms. The number of benzene rings is 2. The SMILES string of the molecule is CNC(NC(=O)c1ccc(N2CCN(CC(=O)O)CC2)cc1NC1CCOCC1)c1cc(CC2=CC(F)=CC(C)(F)C2)ccc1[NH3+]. The molecule has 2 aromatic rings. The van der Waals surface area contributed by atoms with Crippen molar-refractivity contribution in [1.29, 1.82) is 0 Å². The molecule has 0 aromatic heterocycles. The molecule has 2 unspecified atom stereocenters. The quantitative estimate of drug-likeness (QED) is 0.236. The first-order valence-electron chi connectivity index (χ1n) is 15.9. The van der Waals surface area contributed by atoms with Crippen LogP contribution in [0.25, 0.3) is 0 Å². The molecule has 12 heteroatoms. The van der Waals surface area contributed by atoms with E-state index in [9.17, 15) is 18.4 Å². The third-order valence-electron chi connectivity index (χ3n) is 8.80. The predicted octanol–water partition coefficient (Wildman–Crippen LogP) is 3.46. The van der Waals surface area contributed by atoms with Gasteiger partial charge in [0.25, 0.3) is 5.91 Å². The van der Waals surface area contributed by atoms with E-state index in [0.29, 0.717) is 57.0 Å². The Hall–Kier alpha value is -3.84. The Morgan fingerprint density at radius 3 is 2.54 bits per heavy atom. The van der Waals surface area contributed by atoms with Gasteiger partial charge in [0, 0.05) is 68.8 Å². The fourth-order valence-corrected chi connectivity index (χ4v) is 6.45. The number of alkyl halides is 1. The van der Waals surface area contributed by atoms with E-state index in [4.69, 9.17) is 9.84 Å². The zero-order valence-corrected chi connectivity index (χ0v) is 26.6. The van der Waals surface area contributed by atoms with Crippen LogP contribution in [0.5, 0.6) is 0 Å². The van der Waals surface area contributed by atoms with Crippen molar-refractivity contribution < 1.29 is 33.9 Å². The van der Waals surface area contributed by atoms with Crippen molar-refractivity contribution in [2.75, 3.05) is 63.2 Å². The molecule has 0 saturated carbocycles. The molecule has 2 aromatic carbocycles. The van der Waals surface area contributed by atoms with Gasteiger partial charge in [0.2, 0.25) is 0 Å². The van der Waals surface area contributed by atoms with Crippen molar-refractivity contribution in [2.24, 2.45) is 0 Å².